The Morgan fingerprint density at radius 2 is 2.17 bits per heavy atom. The molecule has 128 valence electrons. The number of nitrogens with zero attached hydrogens (tertiary/aromatic N) is 2. The van der Waals surface area contributed by atoms with E-state index >= 15 is 0 Å². The highest BCUT2D eigenvalue weighted by atomic mass is 32.2. The van der Waals surface area contributed by atoms with Crippen LogP contribution in [0.2, 0.25) is 0 Å². The molecule has 1 N–H and O–H groups in total. The Hall–Kier alpha value is -2.09. The number of carbonyl (C=O) groups is 1. The van der Waals surface area contributed by atoms with Crippen LogP contribution in [-0.2, 0) is 9.84 Å². The molecule has 2 aliphatic rings. The molecule has 2 aromatic heterocycles. The number of carbonyl (C=O) groups excluding carboxylic acids is 1. The van der Waals surface area contributed by atoms with E-state index in [1.807, 2.05) is 6.07 Å². The first-order valence-electron chi connectivity index (χ1n) is 8.08. The number of nitrogens with one attached hydrogen (secondary N) is 1. The lowest BCUT2D eigenvalue weighted by molar-refractivity contribution is 0.102. The third-order valence-electron chi connectivity index (χ3n) is 4.65. The van der Waals surface area contributed by atoms with Crippen molar-refractivity contribution in [1.29, 1.82) is 0 Å². The zero-order chi connectivity index (χ0) is 16.9. The SMILES string of the molecule is Cc1occc1C(=O)Nc1cc(C2CC2)nn1C1CCS(=O)(=O)C1. The van der Waals surface area contributed by atoms with Crippen LogP contribution in [0.15, 0.2) is 22.8 Å². The molecule has 7 nitrogen and oxygen atoms in total. The Bertz CT molecular complexity index is 892. The fourth-order valence-corrected chi connectivity index (χ4v) is 4.83. The summed E-state index contributed by atoms with van der Waals surface area (Å²) in [5.41, 5.74) is 1.40. The van der Waals surface area contributed by atoms with E-state index in [-0.39, 0.29) is 23.5 Å². The second-order valence-electron chi connectivity index (χ2n) is 6.57. The third kappa shape index (κ3) is 2.86. The molecule has 4 rings (SSSR count). The highest BCUT2D eigenvalue weighted by molar-refractivity contribution is 7.91. The Kier molecular flexibility index (Phi) is 3.52. The van der Waals surface area contributed by atoms with Crippen LogP contribution >= 0.6 is 0 Å². The molecule has 0 spiro atoms. The smallest absolute Gasteiger partial charge is 0.260 e. The van der Waals surface area contributed by atoms with Gasteiger partial charge >= 0.3 is 0 Å². The predicted molar refractivity (Wildman–Crippen MR) is 87.9 cm³/mol. The van der Waals surface area contributed by atoms with E-state index in [0.29, 0.717) is 29.5 Å². The molecule has 24 heavy (non-hydrogen) atoms. The number of amides is 1. The van der Waals surface area contributed by atoms with Crippen molar-refractivity contribution in [2.24, 2.45) is 0 Å². The second kappa shape index (κ2) is 5.47. The summed E-state index contributed by atoms with van der Waals surface area (Å²) >= 11 is 0. The minimum absolute atomic E-state index is 0.0758. The van der Waals surface area contributed by atoms with Crippen molar-refractivity contribution in [2.45, 2.75) is 38.1 Å². The lowest BCUT2D eigenvalue weighted by Gasteiger charge is -2.13. The van der Waals surface area contributed by atoms with Crippen molar-refractivity contribution >= 4 is 21.6 Å². The Morgan fingerprint density at radius 3 is 2.75 bits per heavy atom. The minimum Gasteiger partial charge on any atom is -0.469 e. The van der Waals surface area contributed by atoms with Gasteiger partial charge in [0.25, 0.3) is 5.91 Å². The van der Waals surface area contributed by atoms with Crippen LogP contribution in [0.1, 0.15) is 53.0 Å². The standard InChI is InChI=1S/C16H19N3O4S/c1-10-13(4-6-23-10)16(20)17-15-8-14(11-2-3-11)18-19(15)12-5-7-24(21,22)9-12/h4,6,8,11-12H,2-3,5,7,9H2,1H3,(H,17,20). The molecule has 3 heterocycles. The van der Waals surface area contributed by atoms with Crippen LogP contribution in [0.3, 0.4) is 0 Å². The number of anilines is 1. The predicted octanol–water partition coefficient (Wildman–Crippen LogP) is 2.27. The maximum atomic E-state index is 12.5. The molecule has 1 aliphatic heterocycles. The van der Waals surface area contributed by atoms with E-state index in [4.69, 9.17) is 4.42 Å². The Morgan fingerprint density at radius 1 is 1.38 bits per heavy atom. The molecule has 1 aliphatic carbocycles. The molecular weight excluding hydrogens is 330 g/mol. The van der Waals surface area contributed by atoms with Crippen LogP contribution < -0.4 is 5.32 Å². The average molecular weight is 349 g/mol. The summed E-state index contributed by atoms with van der Waals surface area (Å²) in [7, 11) is -3.02. The molecule has 0 radical (unpaired) electrons. The molecule has 1 saturated heterocycles. The highest BCUT2D eigenvalue weighted by Gasteiger charge is 2.34. The van der Waals surface area contributed by atoms with Crippen molar-refractivity contribution in [3.63, 3.8) is 0 Å². The number of rotatable bonds is 4. The quantitative estimate of drug-likeness (QED) is 0.914. The maximum absolute atomic E-state index is 12.5. The lowest BCUT2D eigenvalue weighted by atomic mass is 10.2. The molecular formula is C16H19N3O4S. The zero-order valence-electron chi connectivity index (χ0n) is 13.4. The Balaban J connectivity index is 1.64. The number of sulfone groups is 1. The van der Waals surface area contributed by atoms with E-state index in [9.17, 15) is 13.2 Å². The van der Waals surface area contributed by atoms with E-state index in [1.54, 1.807) is 17.7 Å². The summed E-state index contributed by atoms with van der Waals surface area (Å²) < 4.78 is 30.4. The van der Waals surface area contributed by atoms with Crippen LogP contribution in [0.25, 0.3) is 0 Å². The Labute approximate surface area is 139 Å². The molecule has 2 fully saturated rings. The second-order valence-corrected chi connectivity index (χ2v) is 8.80. The summed E-state index contributed by atoms with van der Waals surface area (Å²) in [5, 5.41) is 7.46. The van der Waals surface area contributed by atoms with Gasteiger partial charge in [0.1, 0.15) is 11.6 Å². The normalized spacial score (nSPS) is 22.6. The van der Waals surface area contributed by atoms with Gasteiger partial charge in [0.2, 0.25) is 0 Å². The van der Waals surface area contributed by atoms with E-state index < -0.39 is 9.84 Å². The number of aryl methyl sites for hydroxylation is 1. The van der Waals surface area contributed by atoms with Gasteiger partial charge in [-0.3, -0.25) is 4.79 Å². The molecule has 8 heteroatoms. The number of aromatic nitrogens is 2. The van der Waals surface area contributed by atoms with E-state index in [1.165, 1.54) is 6.26 Å². The molecule has 1 amide bonds. The van der Waals surface area contributed by atoms with Gasteiger partial charge in [0.05, 0.1) is 35.1 Å². The first-order chi connectivity index (χ1) is 11.4. The minimum atomic E-state index is -3.02. The lowest BCUT2D eigenvalue weighted by Crippen LogP contribution is -2.19. The van der Waals surface area contributed by atoms with Crippen LogP contribution in [0.5, 0.6) is 0 Å². The number of hydrogen-bond donors (Lipinski definition) is 1. The van der Waals surface area contributed by atoms with Gasteiger partial charge in [-0.15, -0.1) is 0 Å². The van der Waals surface area contributed by atoms with Gasteiger partial charge in [0, 0.05) is 12.0 Å². The monoisotopic (exact) mass is 349 g/mol. The summed E-state index contributed by atoms with van der Waals surface area (Å²) in [6.07, 6.45) is 4.19. The van der Waals surface area contributed by atoms with E-state index in [2.05, 4.69) is 10.4 Å². The summed E-state index contributed by atoms with van der Waals surface area (Å²) in [4.78, 5) is 12.5. The average Bonchev–Trinajstić information content (AvgIpc) is 2.98. The zero-order valence-corrected chi connectivity index (χ0v) is 14.2. The third-order valence-corrected chi connectivity index (χ3v) is 6.40. The van der Waals surface area contributed by atoms with Gasteiger partial charge in [-0.1, -0.05) is 0 Å². The van der Waals surface area contributed by atoms with Crippen molar-refractivity contribution < 1.29 is 17.6 Å². The first-order valence-corrected chi connectivity index (χ1v) is 9.90. The van der Waals surface area contributed by atoms with Gasteiger partial charge in [-0.25, -0.2) is 13.1 Å². The first kappa shape index (κ1) is 15.4. The number of hydrogen-bond acceptors (Lipinski definition) is 5. The van der Waals surface area contributed by atoms with Crippen LogP contribution in [-0.4, -0.2) is 35.6 Å². The number of furan rings is 1. The fraction of sp³-hybridized carbons (Fsp3) is 0.500. The van der Waals surface area contributed by atoms with Gasteiger partial charge in [-0.05, 0) is 32.3 Å². The van der Waals surface area contributed by atoms with Crippen LogP contribution in [0, 0.1) is 6.92 Å². The van der Waals surface area contributed by atoms with Crippen molar-refractivity contribution in [3.8, 4) is 0 Å². The molecule has 2 aromatic rings. The molecule has 1 unspecified atom stereocenters. The summed E-state index contributed by atoms with van der Waals surface area (Å²) in [6.45, 7) is 1.73. The van der Waals surface area contributed by atoms with E-state index in [0.717, 1.165) is 18.5 Å². The van der Waals surface area contributed by atoms with Gasteiger partial charge in [0.15, 0.2) is 9.84 Å². The summed E-state index contributed by atoms with van der Waals surface area (Å²) in [5.74, 6) is 1.51. The van der Waals surface area contributed by atoms with Crippen molar-refractivity contribution in [3.05, 3.63) is 35.4 Å². The molecule has 1 atom stereocenters. The molecule has 0 aromatic carbocycles. The molecule has 1 saturated carbocycles. The van der Waals surface area contributed by atoms with Crippen molar-refractivity contribution in [2.75, 3.05) is 16.8 Å². The van der Waals surface area contributed by atoms with Gasteiger partial charge in [-0.2, -0.15) is 5.10 Å². The summed E-state index contributed by atoms with van der Waals surface area (Å²) in [6, 6.07) is 3.27. The maximum Gasteiger partial charge on any atom is 0.260 e. The topological polar surface area (TPSA) is 94.2 Å². The van der Waals surface area contributed by atoms with Gasteiger partial charge < -0.3 is 9.73 Å². The molecule has 0 bridgehead atoms. The van der Waals surface area contributed by atoms with Crippen LogP contribution in [0.4, 0.5) is 5.82 Å². The largest absolute Gasteiger partial charge is 0.469 e. The fourth-order valence-electron chi connectivity index (χ4n) is 3.14. The van der Waals surface area contributed by atoms with Crippen molar-refractivity contribution in [1.82, 2.24) is 9.78 Å². The highest BCUT2D eigenvalue weighted by Crippen LogP contribution is 2.41.